The van der Waals surface area contributed by atoms with E-state index in [0.717, 1.165) is 10.1 Å². The Morgan fingerprint density at radius 1 is 1.00 bits per heavy atom. The number of anilines is 1. The van der Waals surface area contributed by atoms with Crippen molar-refractivity contribution in [2.24, 2.45) is 20.0 Å². The van der Waals surface area contributed by atoms with Crippen molar-refractivity contribution in [3.8, 4) is 17.2 Å². The van der Waals surface area contributed by atoms with E-state index in [1.807, 2.05) is 24.3 Å². The van der Waals surface area contributed by atoms with Crippen LogP contribution in [0.25, 0.3) is 0 Å². The van der Waals surface area contributed by atoms with Gasteiger partial charge in [0.05, 0.1) is 19.8 Å². The highest BCUT2D eigenvalue weighted by atomic mass is 35.5. The number of Topliss-reactive ketones (excluding diaryl/α,β-unsaturated/α-hetero) is 2. The summed E-state index contributed by atoms with van der Waals surface area (Å²) in [6, 6.07) is 9.19. The lowest BCUT2D eigenvalue weighted by atomic mass is 9.66. The predicted octanol–water partition coefficient (Wildman–Crippen LogP) is 4.31. The molecule has 1 aromatic heterocycles. The van der Waals surface area contributed by atoms with Crippen LogP contribution < -0.4 is 30.8 Å². The Hall–Kier alpha value is -4.31. The fourth-order valence-corrected chi connectivity index (χ4v) is 6.86. The fourth-order valence-electron chi connectivity index (χ4n) is 6.60. The van der Waals surface area contributed by atoms with Crippen molar-refractivity contribution in [2.75, 3.05) is 19.5 Å². The Bertz CT molecular complexity index is 1890. The molecule has 3 aliphatic rings. The summed E-state index contributed by atoms with van der Waals surface area (Å²) in [4.78, 5) is 56.0. The number of nitrogens with one attached hydrogen (secondary N) is 1. The number of benzene rings is 2. The summed E-state index contributed by atoms with van der Waals surface area (Å²) in [6.45, 7) is 5.91. The zero-order valence-corrected chi connectivity index (χ0v) is 25.7. The summed E-state index contributed by atoms with van der Waals surface area (Å²) >= 11 is 6.62. The van der Waals surface area contributed by atoms with Crippen molar-refractivity contribution in [3.63, 3.8) is 0 Å². The standard InChI is InChI=1S/C32H32ClN3O7/c1-14(2)16-8-10-17(11-9-16)21-22-18(34-29-24(21)30(39)36(5)31(40)35(29)4)12-15(3)32(27(22)37)28(38)23-19(41-6)13-20(42-7)25(33)26(23)43-32/h8-11,13-15,21,34H,12H2,1-7H3/t15-,21?,32+/m1/s1. The van der Waals surface area contributed by atoms with Crippen molar-refractivity contribution in [1.82, 2.24) is 9.13 Å². The van der Waals surface area contributed by atoms with E-state index >= 15 is 0 Å². The van der Waals surface area contributed by atoms with Crippen LogP contribution in [0.2, 0.25) is 5.02 Å². The van der Waals surface area contributed by atoms with Crippen LogP contribution in [0.15, 0.2) is 51.2 Å². The molecule has 10 nitrogen and oxygen atoms in total. The third-order valence-corrected chi connectivity index (χ3v) is 9.37. The summed E-state index contributed by atoms with van der Waals surface area (Å²) in [5.41, 5.74) is -0.160. The SMILES string of the molecule is COc1cc(OC)c2c(c1Cl)O[C@@]1(C(=O)C3=C(C[C@H]1C)Nc1c(c(=O)n(C)c(=O)n1C)C3c1ccc(C(C)C)cc1)C2=O. The number of aromatic nitrogens is 2. The molecule has 3 atom stereocenters. The molecule has 6 rings (SSSR count). The Labute approximate surface area is 252 Å². The van der Waals surface area contributed by atoms with Gasteiger partial charge in [-0.3, -0.25) is 23.5 Å². The van der Waals surface area contributed by atoms with Crippen LogP contribution in [-0.4, -0.2) is 40.5 Å². The third kappa shape index (κ3) is 3.78. The lowest BCUT2D eigenvalue weighted by Gasteiger charge is -2.42. The molecule has 3 aromatic rings. The van der Waals surface area contributed by atoms with Gasteiger partial charge in [0.25, 0.3) is 5.56 Å². The lowest BCUT2D eigenvalue weighted by Crippen LogP contribution is -2.58. The van der Waals surface area contributed by atoms with Gasteiger partial charge >= 0.3 is 5.69 Å². The normalized spacial score (nSPS) is 22.3. The Morgan fingerprint density at radius 2 is 1.65 bits per heavy atom. The van der Waals surface area contributed by atoms with E-state index in [4.69, 9.17) is 25.8 Å². The van der Waals surface area contributed by atoms with Gasteiger partial charge in [0, 0.05) is 43.3 Å². The molecule has 0 saturated heterocycles. The average Bonchev–Trinajstić information content (AvgIpc) is 3.31. The number of carbonyl (C=O) groups excluding carboxylic acids is 2. The van der Waals surface area contributed by atoms with E-state index in [9.17, 15) is 19.2 Å². The monoisotopic (exact) mass is 605 g/mol. The first-order valence-electron chi connectivity index (χ1n) is 14.0. The molecule has 1 N–H and O–H groups in total. The molecule has 1 unspecified atom stereocenters. The number of methoxy groups -OCH3 is 2. The number of ketones is 2. The highest BCUT2D eigenvalue weighted by Crippen LogP contribution is 2.56. The van der Waals surface area contributed by atoms with Gasteiger partial charge in [0.15, 0.2) is 5.75 Å². The van der Waals surface area contributed by atoms with Gasteiger partial charge in [0.1, 0.15) is 27.9 Å². The number of rotatable bonds is 4. The zero-order chi connectivity index (χ0) is 31.1. The van der Waals surface area contributed by atoms with Crippen molar-refractivity contribution in [3.05, 3.63) is 89.7 Å². The molecule has 0 saturated carbocycles. The molecule has 1 spiro atoms. The highest BCUT2D eigenvalue weighted by Gasteiger charge is 2.63. The van der Waals surface area contributed by atoms with E-state index in [0.29, 0.717) is 17.1 Å². The number of ether oxygens (including phenoxy) is 3. The first-order chi connectivity index (χ1) is 20.4. The van der Waals surface area contributed by atoms with Gasteiger partial charge in [0.2, 0.25) is 17.2 Å². The van der Waals surface area contributed by atoms with Gasteiger partial charge in [-0.15, -0.1) is 0 Å². The summed E-state index contributed by atoms with van der Waals surface area (Å²) in [7, 11) is 5.82. The van der Waals surface area contributed by atoms with Crippen LogP contribution in [0, 0.1) is 5.92 Å². The molecule has 1 aliphatic carbocycles. The number of allylic oxidation sites excluding steroid dienone is 1. The van der Waals surface area contributed by atoms with Gasteiger partial charge in [-0.25, -0.2) is 4.79 Å². The van der Waals surface area contributed by atoms with Crippen LogP contribution in [0.5, 0.6) is 17.2 Å². The maximum atomic E-state index is 14.9. The summed E-state index contributed by atoms with van der Waals surface area (Å²) in [5, 5.41) is 3.29. The number of halogens is 1. The smallest absolute Gasteiger partial charge is 0.332 e. The average molecular weight is 606 g/mol. The first-order valence-corrected chi connectivity index (χ1v) is 14.4. The van der Waals surface area contributed by atoms with Gasteiger partial charge in [-0.05, 0) is 23.5 Å². The largest absolute Gasteiger partial charge is 0.496 e. The lowest BCUT2D eigenvalue weighted by molar-refractivity contribution is -0.130. The molecule has 11 heteroatoms. The Kier molecular flexibility index (Phi) is 6.61. The number of hydrogen-bond donors (Lipinski definition) is 1. The Morgan fingerprint density at radius 3 is 2.26 bits per heavy atom. The summed E-state index contributed by atoms with van der Waals surface area (Å²) < 4.78 is 19.6. The van der Waals surface area contributed by atoms with Gasteiger partial charge in [-0.2, -0.15) is 0 Å². The molecule has 0 radical (unpaired) electrons. The van der Waals surface area contributed by atoms with E-state index in [1.54, 1.807) is 14.0 Å². The molecule has 0 bridgehead atoms. The summed E-state index contributed by atoms with van der Waals surface area (Å²) in [5.74, 6) is -1.66. The Balaban J connectivity index is 1.60. The minimum Gasteiger partial charge on any atom is -0.496 e. The number of nitrogens with zero attached hydrogens (tertiary/aromatic N) is 2. The van der Waals surface area contributed by atoms with Crippen LogP contribution in [-0.2, 0) is 18.9 Å². The third-order valence-electron chi connectivity index (χ3n) is 9.01. The van der Waals surface area contributed by atoms with E-state index in [1.165, 1.54) is 31.9 Å². The second kappa shape index (κ2) is 9.87. The molecular formula is C32H32ClN3O7. The number of hydrogen-bond acceptors (Lipinski definition) is 8. The van der Waals surface area contributed by atoms with Crippen molar-refractivity contribution in [1.29, 1.82) is 0 Å². The minimum absolute atomic E-state index is 0.0208. The molecule has 0 amide bonds. The number of fused-ring (bicyclic) bond motifs is 2. The molecule has 43 heavy (non-hydrogen) atoms. The van der Waals surface area contributed by atoms with Crippen molar-refractivity contribution in [2.45, 2.75) is 44.6 Å². The minimum atomic E-state index is -1.95. The molecule has 3 heterocycles. The topological polar surface area (TPSA) is 118 Å². The zero-order valence-electron chi connectivity index (χ0n) is 25.0. The van der Waals surface area contributed by atoms with Crippen LogP contribution >= 0.6 is 11.6 Å². The molecule has 0 fully saturated rings. The molecule has 2 aromatic carbocycles. The second-order valence-electron chi connectivity index (χ2n) is 11.6. The molecule has 224 valence electrons. The van der Waals surface area contributed by atoms with Crippen molar-refractivity contribution >= 4 is 29.0 Å². The first kappa shape index (κ1) is 28.8. The quantitative estimate of drug-likeness (QED) is 0.437. The van der Waals surface area contributed by atoms with Crippen LogP contribution in [0.3, 0.4) is 0 Å². The molecule has 2 aliphatic heterocycles. The van der Waals surface area contributed by atoms with Gasteiger partial charge < -0.3 is 19.5 Å². The summed E-state index contributed by atoms with van der Waals surface area (Å²) in [6.07, 6.45) is 0.224. The maximum absolute atomic E-state index is 14.9. The molecular weight excluding hydrogens is 574 g/mol. The van der Waals surface area contributed by atoms with Gasteiger partial charge in [-0.1, -0.05) is 56.6 Å². The highest BCUT2D eigenvalue weighted by molar-refractivity contribution is 6.36. The van der Waals surface area contributed by atoms with E-state index in [-0.39, 0.29) is 51.3 Å². The van der Waals surface area contributed by atoms with Crippen LogP contribution in [0.1, 0.15) is 66.1 Å². The number of carbonyl (C=O) groups is 2. The fraction of sp³-hybridized carbons (Fsp3) is 0.375. The maximum Gasteiger partial charge on any atom is 0.332 e. The van der Waals surface area contributed by atoms with E-state index < -0.39 is 40.3 Å². The predicted molar refractivity (Wildman–Crippen MR) is 161 cm³/mol. The van der Waals surface area contributed by atoms with E-state index in [2.05, 4.69) is 19.2 Å². The van der Waals surface area contributed by atoms with Crippen molar-refractivity contribution < 1.29 is 23.8 Å². The second-order valence-corrected chi connectivity index (χ2v) is 12.0. The van der Waals surface area contributed by atoms with Crippen LogP contribution in [0.4, 0.5) is 5.82 Å².